The van der Waals surface area contributed by atoms with Crippen LogP contribution < -0.4 is 9.64 Å². The van der Waals surface area contributed by atoms with Crippen LogP contribution in [0.25, 0.3) is 6.08 Å². The van der Waals surface area contributed by atoms with E-state index in [1.807, 2.05) is 54.7 Å². The monoisotopic (exact) mass is 303 g/mol. The predicted octanol–water partition coefficient (Wildman–Crippen LogP) is 3.49. The van der Waals surface area contributed by atoms with Gasteiger partial charge in [-0.1, -0.05) is 6.07 Å². The first-order valence-electron chi connectivity index (χ1n) is 6.44. The van der Waals surface area contributed by atoms with Gasteiger partial charge in [0.1, 0.15) is 12.4 Å². The van der Waals surface area contributed by atoms with E-state index in [2.05, 4.69) is 0 Å². The fourth-order valence-corrected chi connectivity index (χ4v) is 2.56. The van der Waals surface area contributed by atoms with Crippen molar-refractivity contribution in [3.8, 4) is 5.75 Å². The summed E-state index contributed by atoms with van der Waals surface area (Å²) in [6, 6.07) is 9.73. The molecule has 0 saturated carbocycles. The van der Waals surface area contributed by atoms with Crippen LogP contribution >= 0.6 is 11.3 Å². The number of carbonyl (C=O) groups is 1. The highest BCUT2D eigenvalue weighted by Gasteiger charge is 2.04. The van der Waals surface area contributed by atoms with Gasteiger partial charge in [0.25, 0.3) is 0 Å². The summed E-state index contributed by atoms with van der Waals surface area (Å²) >= 11 is 1.55. The minimum atomic E-state index is -0.952. The lowest BCUT2D eigenvalue weighted by atomic mass is 10.2. The minimum Gasteiger partial charge on any atom is -0.488 e. The Morgan fingerprint density at radius 1 is 1.38 bits per heavy atom. The molecule has 0 bridgehead atoms. The van der Waals surface area contributed by atoms with Crippen LogP contribution in [-0.2, 0) is 11.4 Å². The maximum absolute atomic E-state index is 10.6. The largest absolute Gasteiger partial charge is 0.488 e. The molecule has 0 aliphatic heterocycles. The topological polar surface area (TPSA) is 49.8 Å². The maximum Gasteiger partial charge on any atom is 0.328 e. The quantitative estimate of drug-likeness (QED) is 0.830. The average Bonchev–Trinajstić information content (AvgIpc) is 2.90. The molecule has 0 fully saturated rings. The number of thiophene rings is 1. The highest BCUT2D eigenvalue weighted by molar-refractivity contribution is 7.10. The Hall–Kier alpha value is -2.27. The molecule has 110 valence electrons. The molecule has 0 aliphatic rings. The van der Waals surface area contributed by atoms with Crippen LogP contribution in [0.4, 0.5) is 5.69 Å². The van der Waals surface area contributed by atoms with E-state index in [1.165, 1.54) is 0 Å². The molecular formula is C16H17NO3S. The van der Waals surface area contributed by atoms with Crippen LogP contribution in [0, 0.1) is 0 Å². The minimum absolute atomic E-state index is 0.424. The summed E-state index contributed by atoms with van der Waals surface area (Å²) in [6.45, 7) is 0.424. The summed E-state index contributed by atoms with van der Waals surface area (Å²) in [5.41, 5.74) is 1.95. The fraction of sp³-hybridized carbons (Fsp3) is 0.188. The first-order chi connectivity index (χ1) is 10.1. The third kappa shape index (κ3) is 4.36. The highest BCUT2D eigenvalue weighted by atomic mass is 32.1. The Bertz CT molecular complexity index is 646. The summed E-state index contributed by atoms with van der Waals surface area (Å²) in [5, 5.41) is 10.6. The van der Waals surface area contributed by atoms with Crippen LogP contribution in [0.5, 0.6) is 5.75 Å². The van der Waals surface area contributed by atoms with Gasteiger partial charge >= 0.3 is 5.97 Å². The van der Waals surface area contributed by atoms with Gasteiger partial charge in [0.05, 0.1) is 0 Å². The molecule has 1 heterocycles. The zero-order chi connectivity index (χ0) is 15.2. The summed E-state index contributed by atoms with van der Waals surface area (Å²) < 4.78 is 5.79. The number of anilines is 1. The van der Waals surface area contributed by atoms with Crippen LogP contribution in [0.2, 0.25) is 0 Å². The summed E-state index contributed by atoms with van der Waals surface area (Å²) in [4.78, 5) is 13.6. The lowest BCUT2D eigenvalue weighted by molar-refractivity contribution is -0.131. The van der Waals surface area contributed by atoms with Crippen molar-refractivity contribution >= 4 is 29.1 Å². The summed E-state index contributed by atoms with van der Waals surface area (Å²) in [5.74, 6) is -0.158. The van der Waals surface area contributed by atoms with E-state index < -0.39 is 5.97 Å². The predicted molar refractivity (Wildman–Crippen MR) is 86.1 cm³/mol. The van der Waals surface area contributed by atoms with Crippen molar-refractivity contribution in [1.82, 2.24) is 0 Å². The van der Waals surface area contributed by atoms with Gasteiger partial charge in [-0.15, -0.1) is 11.3 Å². The first kappa shape index (κ1) is 15.1. The molecule has 4 nitrogen and oxygen atoms in total. The van der Waals surface area contributed by atoms with E-state index >= 15 is 0 Å². The van der Waals surface area contributed by atoms with Gasteiger partial charge in [-0.3, -0.25) is 0 Å². The third-order valence-corrected chi connectivity index (χ3v) is 3.80. The molecular weight excluding hydrogens is 286 g/mol. The van der Waals surface area contributed by atoms with Crippen molar-refractivity contribution in [2.45, 2.75) is 6.61 Å². The van der Waals surface area contributed by atoms with Gasteiger partial charge < -0.3 is 14.7 Å². The van der Waals surface area contributed by atoms with Crippen LogP contribution in [-0.4, -0.2) is 25.2 Å². The average molecular weight is 303 g/mol. The molecule has 0 saturated heterocycles. The number of hydrogen-bond acceptors (Lipinski definition) is 4. The number of aliphatic carboxylic acids is 1. The van der Waals surface area contributed by atoms with Crippen molar-refractivity contribution in [3.63, 3.8) is 0 Å². The second-order valence-corrected chi connectivity index (χ2v) is 5.65. The van der Waals surface area contributed by atoms with E-state index in [0.717, 1.165) is 28.0 Å². The van der Waals surface area contributed by atoms with E-state index in [4.69, 9.17) is 9.84 Å². The van der Waals surface area contributed by atoms with Gasteiger partial charge in [-0.05, 0) is 35.2 Å². The SMILES string of the molecule is CN(C)c1cccc(OCc2sccc2C=CC(=O)O)c1. The molecule has 1 aromatic heterocycles. The number of carboxylic acid groups (broad SMARTS) is 1. The Morgan fingerprint density at radius 2 is 2.19 bits per heavy atom. The lowest BCUT2D eigenvalue weighted by Crippen LogP contribution is -2.08. The standard InChI is InChI=1S/C16H17NO3S/c1-17(2)13-4-3-5-14(10-13)20-11-15-12(8-9-21-15)6-7-16(18)19/h3-10H,11H2,1-2H3,(H,18,19). The van der Waals surface area contributed by atoms with Crippen LogP contribution in [0.3, 0.4) is 0 Å². The molecule has 0 atom stereocenters. The van der Waals surface area contributed by atoms with Gasteiger partial charge in [-0.25, -0.2) is 4.79 Å². The van der Waals surface area contributed by atoms with Crippen molar-refractivity contribution in [2.75, 3.05) is 19.0 Å². The van der Waals surface area contributed by atoms with Gasteiger partial charge in [0.2, 0.25) is 0 Å². The van der Waals surface area contributed by atoms with Gasteiger partial charge in [0.15, 0.2) is 0 Å². The number of rotatable bonds is 6. The zero-order valence-electron chi connectivity index (χ0n) is 11.9. The summed E-state index contributed by atoms with van der Waals surface area (Å²) in [6.07, 6.45) is 2.73. The van der Waals surface area contributed by atoms with Crippen LogP contribution in [0.1, 0.15) is 10.4 Å². The Kier molecular flexibility index (Phi) is 5.00. The summed E-state index contributed by atoms with van der Waals surface area (Å²) in [7, 11) is 3.96. The second-order valence-electron chi connectivity index (χ2n) is 4.65. The molecule has 0 radical (unpaired) electrons. The number of benzene rings is 1. The molecule has 0 unspecified atom stereocenters. The number of nitrogens with zero attached hydrogens (tertiary/aromatic N) is 1. The Labute approximate surface area is 127 Å². The molecule has 5 heteroatoms. The highest BCUT2D eigenvalue weighted by Crippen LogP contribution is 2.23. The second kappa shape index (κ2) is 6.95. The Morgan fingerprint density at radius 3 is 2.90 bits per heavy atom. The van der Waals surface area contributed by atoms with E-state index in [-0.39, 0.29) is 0 Å². The van der Waals surface area contributed by atoms with Crippen molar-refractivity contribution in [2.24, 2.45) is 0 Å². The maximum atomic E-state index is 10.6. The molecule has 0 aliphatic carbocycles. The van der Waals surface area contributed by atoms with Crippen LogP contribution in [0.15, 0.2) is 41.8 Å². The number of ether oxygens (including phenoxy) is 1. The van der Waals surface area contributed by atoms with E-state index in [0.29, 0.717) is 6.61 Å². The first-order valence-corrected chi connectivity index (χ1v) is 7.32. The smallest absolute Gasteiger partial charge is 0.328 e. The van der Waals surface area contributed by atoms with Gasteiger partial charge in [0, 0.05) is 36.8 Å². The molecule has 2 aromatic rings. The van der Waals surface area contributed by atoms with Gasteiger partial charge in [-0.2, -0.15) is 0 Å². The molecule has 0 amide bonds. The normalized spacial score (nSPS) is 10.8. The lowest BCUT2D eigenvalue weighted by Gasteiger charge is -2.14. The van der Waals surface area contributed by atoms with Crippen molar-refractivity contribution < 1.29 is 14.6 Å². The van der Waals surface area contributed by atoms with E-state index in [9.17, 15) is 4.79 Å². The molecule has 1 N–H and O–H groups in total. The van der Waals surface area contributed by atoms with E-state index in [1.54, 1.807) is 17.4 Å². The molecule has 0 spiro atoms. The fourth-order valence-electron chi connectivity index (χ4n) is 1.78. The molecule has 1 aromatic carbocycles. The van der Waals surface area contributed by atoms with Crippen molar-refractivity contribution in [3.05, 3.63) is 52.2 Å². The number of carboxylic acids is 1. The third-order valence-electron chi connectivity index (χ3n) is 2.89. The zero-order valence-corrected chi connectivity index (χ0v) is 12.8. The van der Waals surface area contributed by atoms with Crippen molar-refractivity contribution in [1.29, 1.82) is 0 Å². The molecule has 21 heavy (non-hydrogen) atoms. The molecule has 2 rings (SSSR count). The number of hydrogen-bond donors (Lipinski definition) is 1. The Balaban J connectivity index is 2.05.